The van der Waals surface area contributed by atoms with Crippen LogP contribution >= 0.6 is 23.2 Å². The molecule has 3 aliphatic heterocycles. The van der Waals surface area contributed by atoms with Crippen LogP contribution in [0.5, 0.6) is 34.5 Å². The van der Waals surface area contributed by atoms with Gasteiger partial charge in [-0.2, -0.15) is 0 Å². The van der Waals surface area contributed by atoms with Crippen LogP contribution < -0.4 is 14.2 Å². The summed E-state index contributed by atoms with van der Waals surface area (Å²) in [6, 6.07) is 6.63. The molecule has 6 rings (SSSR count). The lowest BCUT2D eigenvalue weighted by Crippen LogP contribution is -2.33. The second-order valence-electron chi connectivity index (χ2n) is 9.13. The number of carbonyl (C=O) groups excluding carboxylic acids is 4. The van der Waals surface area contributed by atoms with Gasteiger partial charge in [-0.25, -0.2) is 9.59 Å². The van der Waals surface area contributed by atoms with Crippen molar-refractivity contribution < 1.29 is 53.2 Å². The third kappa shape index (κ3) is 3.60. The van der Waals surface area contributed by atoms with E-state index in [2.05, 4.69) is 0 Å². The van der Waals surface area contributed by atoms with Crippen LogP contribution in [-0.4, -0.2) is 53.2 Å². The number of fused-ring (bicyclic) bond motifs is 6. The first-order valence-corrected chi connectivity index (χ1v) is 12.6. The second kappa shape index (κ2) is 9.18. The molecule has 14 heteroatoms. The fourth-order valence-electron chi connectivity index (χ4n) is 5.07. The van der Waals surface area contributed by atoms with E-state index in [1.165, 1.54) is 44.6 Å². The summed E-state index contributed by atoms with van der Waals surface area (Å²) < 4.78 is 22.5. The Morgan fingerprint density at radius 2 is 1.41 bits per heavy atom. The first kappa shape index (κ1) is 26.5. The summed E-state index contributed by atoms with van der Waals surface area (Å²) in [5.74, 6) is -4.61. The Kier molecular flexibility index (Phi) is 5.94. The molecular weight excluding hydrogens is 585 g/mol. The number of imide groups is 1. The van der Waals surface area contributed by atoms with Crippen molar-refractivity contribution in [3.63, 3.8) is 0 Å². The molecule has 0 aromatic heterocycles. The SMILES string of the molecule is COc1cc2c(c(Cl)c1O)Oc1c(cc(OC)c(O)c1Cl)C21OC(=O)c2cc(C(=O)ON3C(=O)CCC3=O)ccc21. The van der Waals surface area contributed by atoms with E-state index >= 15 is 0 Å². The predicted octanol–water partition coefficient (Wildman–Crippen LogP) is 4.21. The number of phenolic OH excluding ortho intramolecular Hbond substituents is 2. The number of phenols is 2. The highest BCUT2D eigenvalue weighted by atomic mass is 35.5. The zero-order valence-corrected chi connectivity index (χ0v) is 22.6. The Bertz CT molecular complexity index is 1650. The van der Waals surface area contributed by atoms with Crippen molar-refractivity contribution in [3.8, 4) is 34.5 Å². The first-order valence-electron chi connectivity index (χ1n) is 11.9. The van der Waals surface area contributed by atoms with Gasteiger partial charge in [-0.05, 0) is 24.3 Å². The number of amides is 2. The number of methoxy groups -OCH3 is 2. The molecule has 2 N–H and O–H groups in total. The number of esters is 1. The van der Waals surface area contributed by atoms with Crippen LogP contribution in [0.3, 0.4) is 0 Å². The minimum atomic E-state index is -1.84. The monoisotopic (exact) mass is 601 g/mol. The predicted molar refractivity (Wildman–Crippen MR) is 138 cm³/mol. The zero-order valence-electron chi connectivity index (χ0n) is 21.1. The zero-order chi connectivity index (χ0) is 29.4. The summed E-state index contributed by atoms with van der Waals surface area (Å²) in [5.41, 5.74) is -1.61. The van der Waals surface area contributed by atoms with E-state index in [1.54, 1.807) is 0 Å². The van der Waals surface area contributed by atoms with Crippen LogP contribution in [0.25, 0.3) is 0 Å². The van der Waals surface area contributed by atoms with Gasteiger partial charge in [0.25, 0.3) is 11.8 Å². The largest absolute Gasteiger partial charge is 0.503 e. The summed E-state index contributed by atoms with van der Waals surface area (Å²) in [6.07, 6.45) is -0.176. The summed E-state index contributed by atoms with van der Waals surface area (Å²) in [7, 11) is 2.59. The van der Waals surface area contributed by atoms with Crippen molar-refractivity contribution in [1.82, 2.24) is 5.06 Å². The van der Waals surface area contributed by atoms with Gasteiger partial charge in [0.15, 0.2) is 40.1 Å². The Balaban J connectivity index is 1.58. The van der Waals surface area contributed by atoms with Crippen LogP contribution in [0, 0.1) is 0 Å². The van der Waals surface area contributed by atoms with Gasteiger partial charge in [-0.1, -0.05) is 29.3 Å². The highest BCUT2D eigenvalue weighted by Gasteiger charge is 2.56. The topological polar surface area (TPSA) is 158 Å². The molecule has 0 unspecified atom stereocenters. The molecule has 0 aliphatic carbocycles. The summed E-state index contributed by atoms with van der Waals surface area (Å²) in [5, 5.41) is 21.0. The maximum Gasteiger partial charge on any atom is 0.363 e. The average molecular weight is 602 g/mol. The number of hydrogen-bond donors (Lipinski definition) is 2. The highest BCUT2D eigenvalue weighted by molar-refractivity contribution is 6.35. The summed E-state index contributed by atoms with van der Waals surface area (Å²) in [6.45, 7) is 0. The number of rotatable bonds is 4. The number of benzene rings is 3. The molecule has 1 spiro atoms. The Hall–Kier alpha value is -4.68. The van der Waals surface area contributed by atoms with E-state index in [0.29, 0.717) is 5.06 Å². The van der Waals surface area contributed by atoms with Gasteiger partial charge in [0.2, 0.25) is 0 Å². The average Bonchev–Trinajstić information content (AvgIpc) is 3.44. The molecule has 3 aromatic carbocycles. The first-order chi connectivity index (χ1) is 19.5. The van der Waals surface area contributed by atoms with Crippen LogP contribution in [0.4, 0.5) is 0 Å². The Morgan fingerprint density at radius 3 is 1.93 bits per heavy atom. The third-order valence-electron chi connectivity index (χ3n) is 7.00. The fourth-order valence-corrected chi connectivity index (χ4v) is 5.54. The molecule has 0 bridgehead atoms. The molecule has 0 saturated carbocycles. The van der Waals surface area contributed by atoms with Crippen molar-refractivity contribution in [1.29, 1.82) is 0 Å². The molecule has 12 nitrogen and oxygen atoms in total. The van der Waals surface area contributed by atoms with Gasteiger partial charge in [-0.15, -0.1) is 5.06 Å². The van der Waals surface area contributed by atoms with E-state index < -0.39 is 40.9 Å². The lowest BCUT2D eigenvalue weighted by Gasteiger charge is -2.37. The maximum absolute atomic E-state index is 13.4. The number of aromatic hydroxyl groups is 2. The lowest BCUT2D eigenvalue weighted by atomic mass is 9.77. The van der Waals surface area contributed by atoms with Gasteiger partial charge < -0.3 is 34.0 Å². The minimum Gasteiger partial charge on any atom is -0.503 e. The number of hydroxylamine groups is 2. The molecule has 3 heterocycles. The number of carbonyl (C=O) groups is 4. The van der Waals surface area contributed by atoms with Gasteiger partial charge >= 0.3 is 11.9 Å². The second-order valence-corrected chi connectivity index (χ2v) is 9.89. The van der Waals surface area contributed by atoms with E-state index in [9.17, 15) is 29.4 Å². The third-order valence-corrected chi connectivity index (χ3v) is 7.71. The lowest BCUT2D eigenvalue weighted by molar-refractivity contribution is -0.172. The van der Waals surface area contributed by atoms with Gasteiger partial charge in [0.05, 0.1) is 36.5 Å². The van der Waals surface area contributed by atoms with E-state index in [4.69, 9.17) is 47.0 Å². The molecule has 2 amide bonds. The van der Waals surface area contributed by atoms with Crippen LogP contribution in [0.15, 0.2) is 30.3 Å². The van der Waals surface area contributed by atoms with Crippen molar-refractivity contribution in [3.05, 3.63) is 68.2 Å². The number of halogens is 2. The molecule has 1 saturated heterocycles. The standard InChI is InChI=1S/C27H17Cl2NO11/c1-37-15-8-13-23(19(28)21(15)33)39-24-14(9-16(38-2)22(34)20(24)29)27(13)12-4-3-10(7-11(12)26(36)40-27)25(35)41-30-17(31)5-6-18(30)32/h3-4,7-9,33-34H,5-6H2,1-2H3. The van der Waals surface area contributed by atoms with Crippen LogP contribution in [-0.2, 0) is 24.8 Å². The maximum atomic E-state index is 13.4. The molecule has 3 aliphatic rings. The number of hydrogen-bond acceptors (Lipinski definition) is 11. The highest BCUT2D eigenvalue weighted by Crippen LogP contribution is 2.63. The Labute approximate surface area is 240 Å². The Morgan fingerprint density at radius 1 is 0.878 bits per heavy atom. The molecular formula is C27H17Cl2NO11. The smallest absolute Gasteiger partial charge is 0.363 e. The number of nitrogens with zero attached hydrogens (tertiary/aromatic N) is 1. The molecule has 1 fully saturated rings. The molecule has 210 valence electrons. The van der Waals surface area contributed by atoms with Crippen LogP contribution in [0.1, 0.15) is 50.2 Å². The fraction of sp³-hybridized carbons (Fsp3) is 0.185. The normalized spacial score (nSPS) is 16.1. The van der Waals surface area contributed by atoms with Gasteiger partial charge in [0.1, 0.15) is 10.0 Å². The van der Waals surface area contributed by atoms with Crippen molar-refractivity contribution in [2.75, 3.05) is 14.2 Å². The molecule has 0 atom stereocenters. The van der Waals surface area contributed by atoms with Gasteiger partial charge in [0, 0.05) is 18.4 Å². The van der Waals surface area contributed by atoms with Crippen molar-refractivity contribution in [2.24, 2.45) is 0 Å². The summed E-state index contributed by atoms with van der Waals surface area (Å²) >= 11 is 12.9. The molecule has 0 radical (unpaired) electrons. The van der Waals surface area contributed by atoms with E-state index in [-0.39, 0.29) is 73.7 Å². The van der Waals surface area contributed by atoms with E-state index in [0.717, 1.165) is 0 Å². The van der Waals surface area contributed by atoms with Crippen molar-refractivity contribution in [2.45, 2.75) is 18.4 Å². The van der Waals surface area contributed by atoms with Gasteiger partial charge in [-0.3, -0.25) is 9.59 Å². The minimum absolute atomic E-state index is 0.0679. The molecule has 3 aromatic rings. The summed E-state index contributed by atoms with van der Waals surface area (Å²) in [4.78, 5) is 55.0. The van der Waals surface area contributed by atoms with Crippen molar-refractivity contribution >= 4 is 47.0 Å². The number of ether oxygens (including phenoxy) is 4. The van der Waals surface area contributed by atoms with E-state index in [1.807, 2.05) is 0 Å². The quantitative estimate of drug-likeness (QED) is 0.326. The van der Waals surface area contributed by atoms with Crippen LogP contribution in [0.2, 0.25) is 10.0 Å². The molecule has 41 heavy (non-hydrogen) atoms.